The van der Waals surface area contributed by atoms with Gasteiger partial charge in [0.1, 0.15) is 0 Å². The molecule has 130 valence electrons. The minimum Gasteiger partial charge on any atom is -0.372 e. The molecule has 2 aliphatic rings. The number of nitrogens with one attached hydrogen (secondary N) is 2. The average Bonchev–Trinajstić information content (AvgIpc) is 3.41. The number of benzene rings is 1. The fourth-order valence-corrected chi connectivity index (χ4v) is 3.17. The Morgan fingerprint density at radius 2 is 1.88 bits per heavy atom. The molecule has 0 bridgehead atoms. The zero-order chi connectivity index (χ0) is 17.1. The Morgan fingerprint density at radius 3 is 2.62 bits per heavy atom. The predicted octanol–water partition coefficient (Wildman–Crippen LogP) is 1.56. The molecule has 1 aromatic rings. The van der Waals surface area contributed by atoms with E-state index in [1.165, 1.54) is 5.69 Å². The first-order valence-corrected chi connectivity index (χ1v) is 8.67. The zero-order valence-corrected chi connectivity index (χ0v) is 14.4. The second kappa shape index (κ2) is 7.11. The summed E-state index contributed by atoms with van der Waals surface area (Å²) >= 11 is 0. The number of para-hydroxylation sites is 1. The lowest BCUT2D eigenvalue weighted by Gasteiger charge is -2.28. The summed E-state index contributed by atoms with van der Waals surface area (Å²) in [6.45, 7) is 4.40. The van der Waals surface area contributed by atoms with E-state index in [-0.39, 0.29) is 23.9 Å². The number of likely N-dealkylation sites (N-methyl/N-ethyl adjacent to an activating group) is 1. The first kappa shape index (κ1) is 16.6. The van der Waals surface area contributed by atoms with Crippen LogP contribution in [0, 0.1) is 5.92 Å². The maximum atomic E-state index is 12.6. The summed E-state index contributed by atoms with van der Waals surface area (Å²) in [5.41, 5.74) is 2.33. The molecule has 3 amide bonds. The van der Waals surface area contributed by atoms with E-state index in [2.05, 4.69) is 41.6 Å². The Hall–Kier alpha value is -2.24. The Balaban J connectivity index is 1.54. The van der Waals surface area contributed by atoms with E-state index in [1.807, 2.05) is 17.0 Å². The lowest BCUT2D eigenvalue weighted by atomic mass is 10.1. The molecule has 1 aromatic carbocycles. The van der Waals surface area contributed by atoms with Crippen molar-refractivity contribution in [3.8, 4) is 0 Å². The van der Waals surface area contributed by atoms with Gasteiger partial charge in [0, 0.05) is 50.9 Å². The molecule has 0 spiro atoms. The van der Waals surface area contributed by atoms with Crippen LogP contribution in [0.3, 0.4) is 0 Å². The van der Waals surface area contributed by atoms with Gasteiger partial charge in [0.15, 0.2) is 0 Å². The molecule has 2 N–H and O–H groups in total. The van der Waals surface area contributed by atoms with E-state index in [4.69, 9.17) is 0 Å². The van der Waals surface area contributed by atoms with Crippen LogP contribution >= 0.6 is 0 Å². The number of urea groups is 1. The Kier molecular flexibility index (Phi) is 4.92. The molecule has 1 heterocycles. The summed E-state index contributed by atoms with van der Waals surface area (Å²) in [4.78, 5) is 28.2. The number of hydrogen-bond acceptors (Lipinski definition) is 3. The van der Waals surface area contributed by atoms with E-state index in [9.17, 15) is 9.59 Å². The number of carbonyl (C=O) groups excluding carboxylic acids is 2. The number of anilines is 1. The smallest absolute Gasteiger partial charge is 0.318 e. The first-order chi connectivity index (χ1) is 11.6. The molecule has 1 atom stereocenters. The lowest BCUT2D eigenvalue weighted by molar-refractivity contribution is -0.122. The second-order valence-electron chi connectivity index (χ2n) is 6.78. The molecule has 1 saturated carbocycles. The van der Waals surface area contributed by atoms with E-state index < -0.39 is 0 Å². The summed E-state index contributed by atoms with van der Waals surface area (Å²) in [5.74, 6) is 0.321. The number of carbonyl (C=O) groups is 2. The summed E-state index contributed by atoms with van der Waals surface area (Å²) < 4.78 is 0. The maximum Gasteiger partial charge on any atom is 0.318 e. The molecule has 0 saturated heterocycles. The monoisotopic (exact) mass is 330 g/mol. The minimum atomic E-state index is -0.0757. The molecule has 3 rings (SSSR count). The van der Waals surface area contributed by atoms with Crippen molar-refractivity contribution in [1.82, 2.24) is 15.5 Å². The number of hydrogen-bond donors (Lipinski definition) is 2. The van der Waals surface area contributed by atoms with Crippen molar-refractivity contribution < 1.29 is 9.59 Å². The molecular formula is C18H26N4O2. The molecule has 0 aromatic heterocycles. The normalized spacial score (nSPS) is 20.2. The lowest BCUT2D eigenvalue weighted by Crippen LogP contribution is -2.48. The highest BCUT2D eigenvalue weighted by molar-refractivity contribution is 5.81. The zero-order valence-electron chi connectivity index (χ0n) is 14.4. The van der Waals surface area contributed by atoms with Gasteiger partial charge >= 0.3 is 6.03 Å². The molecular weight excluding hydrogens is 304 g/mol. The third-order valence-electron chi connectivity index (χ3n) is 4.72. The van der Waals surface area contributed by atoms with Gasteiger partial charge in [-0.2, -0.15) is 0 Å². The predicted molar refractivity (Wildman–Crippen MR) is 93.8 cm³/mol. The highest BCUT2D eigenvalue weighted by Gasteiger charge is 2.29. The SMILES string of the molecule is CC1CN(C)c2ccccc2CN1C(=O)NCCNC(=O)C1CC1. The van der Waals surface area contributed by atoms with Crippen LogP contribution in [-0.2, 0) is 11.3 Å². The van der Waals surface area contributed by atoms with E-state index in [0.29, 0.717) is 19.6 Å². The Bertz CT molecular complexity index is 615. The standard InChI is InChI=1S/C18H26N4O2/c1-13-11-21(2)16-6-4-3-5-15(16)12-22(13)18(24)20-10-9-19-17(23)14-7-8-14/h3-6,13-14H,7-12H2,1-2H3,(H,19,23)(H,20,24). The summed E-state index contributed by atoms with van der Waals surface area (Å²) in [5, 5.41) is 5.79. The number of rotatable bonds is 4. The maximum absolute atomic E-state index is 12.6. The quantitative estimate of drug-likeness (QED) is 0.824. The van der Waals surface area contributed by atoms with Crippen molar-refractivity contribution in [1.29, 1.82) is 0 Å². The second-order valence-corrected chi connectivity index (χ2v) is 6.78. The van der Waals surface area contributed by atoms with E-state index in [0.717, 1.165) is 24.9 Å². The van der Waals surface area contributed by atoms with Gasteiger partial charge in [-0.3, -0.25) is 4.79 Å². The highest BCUT2D eigenvalue weighted by atomic mass is 16.2. The van der Waals surface area contributed by atoms with Gasteiger partial charge in [0.05, 0.1) is 0 Å². The third kappa shape index (κ3) is 3.80. The van der Waals surface area contributed by atoms with Crippen LogP contribution in [-0.4, -0.2) is 49.6 Å². The van der Waals surface area contributed by atoms with Crippen molar-refractivity contribution in [2.45, 2.75) is 32.4 Å². The van der Waals surface area contributed by atoms with Gasteiger partial charge in [-0.15, -0.1) is 0 Å². The van der Waals surface area contributed by atoms with Crippen LogP contribution in [0.2, 0.25) is 0 Å². The van der Waals surface area contributed by atoms with Gasteiger partial charge in [0.2, 0.25) is 5.91 Å². The van der Waals surface area contributed by atoms with Crippen molar-refractivity contribution in [3.63, 3.8) is 0 Å². The molecule has 6 heteroatoms. The van der Waals surface area contributed by atoms with Gasteiger partial charge in [-0.05, 0) is 31.4 Å². The van der Waals surface area contributed by atoms with Gasteiger partial charge in [0.25, 0.3) is 0 Å². The molecule has 1 unspecified atom stereocenters. The Morgan fingerprint density at radius 1 is 1.17 bits per heavy atom. The Labute approximate surface area is 143 Å². The molecule has 6 nitrogen and oxygen atoms in total. The van der Waals surface area contributed by atoms with Crippen LogP contribution < -0.4 is 15.5 Å². The number of fused-ring (bicyclic) bond motifs is 1. The third-order valence-corrected chi connectivity index (χ3v) is 4.72. The minimum absolute atomic E-state index is 0.0757. The number of nitrogens with zero attached hydrogens (tertiary/aromatic N) is 2. The van der Waals surface area contributed by atoms with E-state index >= 15 is 0 Å². The summed E-state index contributed by atoms with van der Waals surface area (Å²) in [6.07, 6.45) is 1.99. The molecule has 1 aliphatic carbocycles. The van der Waals surface area contributed by atoms with Crippen LogP contribution in [0.4, 0.5) is 10.5 Å². The molecule has 0 radical (unpaired) electrons. The van der Waals surface area contributed by atoms with E-state index in [1.54, 1.807) is 0 Å². The van der Waals surface area contributed by atoms with Gasteiger partial charge in [-0.25, -0.2) is 4.79 Å². The van der Waals surface area contributed by atoms with Crippen LogP contribution in [0.5, 0.6) is 0 Å². The van der Waals surface area contributed by atoms with Crippen LogP contribution in [0.15, 0.2) is 24.3 Å². The fourth-order valence-electron chi connectivity index (χ4n) is 3.17. The van der Waals surface area contributed by atoms with Crippen LogP contribution in [0.1, 0.15) is 25.3 Å². The number of amides is 3. The van der Waals surface area contributed by atoms with Gasteiger partial charge in [-0.1, -0.05) is 18.2 Å². The fraction of sp³-hybridized carbons (Fsp3) is 0.556. The van der Waals surface area contributed by atoms with Crippen molar-refractivity contribution in [2.75, 3.05) is 31.6 Å². The first-order valence-electron chi connectivity index (χ1n) is 8.67. The van der Waals surface area contributed by atoms with Crippen LogP contribution in [0.25, 0.3) is 0 Å². The van der Waals surface area contributed by atoms with Crippen molar-refractivity contribution in [2.24, 2.45) is 5.92 Å². The molecule has 24 heavy (non-hydrogen) atoms. The topological polar surface area (TPSA) is 64.7 Å². The van der Waals surface area contributed by atoms with Gasteiger partial charge < -0.3 is 20.4 Å². The van der Waals surface area contributed by atoms with Crippen molar-refractivity contribution >= 4 is 17.6 Å². The van der Waals surface area contributed by atoms with Crippen molar-refractivity contribution in [3.05, 3.63) is 29.8 Å². The largest absolute Gasteiger partial charge is 0.372 e. The molecule has 1 fully saturated rings. The summed E-state index contributed by atoms with van der Waals surface area (Å²) in [6, 6.07) is 8.23. The highest BCUT2D eigenvalue weighted by Crippen LogP contribution is 2.28. The molecule has 1 aliphatic heterocycles. The summed E-state index contributed by atoms with van der Waals surface area (Å²) in [7, 11) is 2.06. The average molecular weight is 330 g/mol.